The van der Waals surface area contributed by atoms with Gasteiger partial charge in [0.05, 0.1) is 5.92 Å². The monoisotopic (exact) mass is 273 g/mol. The molecule has 0 amide bonds. The van der Waals surface area contributed by atoms with E-state index in [4.69, 9.17) is 5.21 Å². The van der Waals surface area contributed by atoms with Gasteiger partial charge in [-0.3, -0.25) is 4.79 Å². The summed E-state index contributed by atoms with van der Waals surface area (Å²) in [5.41, 5.74) is 1.73. The van der Waals surface area contributed by atoms with Crippen LogP contribution in [-0.4, -0.2) is 16.3 Å². The highest BCUT2D eigenvalue weighted by molar-refractivity contribution is 5.76. The van der Waals surface area contributed by atoms with E-state index in [2.05, 4.69) is 0 Å². The van der Waals surface area contributed by atoms with Crippen molar-refractivity contribution in [2.75, 3.05) is 0 Å². The van der Waals surface area contributed by atoms with Gasteiger partial charge in [-0.2, -0.15) is 5.23 Å². The fraction of sp³-hybridized carbons (Fsp3) is 0.133. The summed E-state index contributed by atoms with van der Waals surface area (Å²) < 4.78 is 0. The SMILES string of the molecule is O=C(O)[C@@H](Cc1ccc([NH+]([O-])O)cc1)c1ccccc1. The van der Waals surface area contributed by atoms with Gasteiger partial charge in [-0.05, 0) is 17.5 Å². The Bertz CT molecular complexity index is 566. The minimum Gasteiger partial charge on any atom is -0.595 e. The van der Waals surface area contributed by atoms with Crippen molar-refractivity contribution in [1.82, 2.24) is 0 Å². The van der Waals surface area contributed by atoms with Crippen LogP contribution in [0.3, 0.4) is 0 Å². The minimum absolute atomic E-state index is 0.195. The quantitative estimate of drug-likeness (QED) is 0.721. The molecule has 0 aliphatic carbocycles. The molecule has 0 radical (unpaired) electrons. The molecule has 5 heteroatoms. The summed E-state index contributed by atoms with van der Waals surface area (Å²) in [6.07, 6.45) is 0.333. The summed E-state index contributed by atoms with van der Waals surface area (Å²) in [7, 11) is 0. The van der Waals surface area contributed by atoms with Crippen molar-refractivity contribution in [1.29, 1.82) is 0 Å². The smallest absolute Gasteiger partial charge is 0.311 e. The first-order chi connectivity index (χ1) is 9.58. The highest BCUT2D eigenvalue weighted by Gasteiger charge is 2.20. The lowest BCUT2D eigenvalue weighted by Crippen LogP contribution is -2.99. The Labute approximate surface area is 116 Å². The Kier molecular flexibility index (Phi) is 4.47. The molecule has 104 valence electrons. The molecular formula is C15H15NO4. The van der Waals surface area contributed by atoms with Gasteiger partial charge < -0.3 is 10.3 Å². The lowest BCUT2D eigenvalue weighted by atomic mass is 9.92. The number of carbonyl (C=O) groups is 1. The lowest BCUT2D eigenvalue weighted by Gasteiger charge is -2.14. The predicted molar refractivity (Wildman–Crippen MR) is 72.7 cm³/mol. The van der Waals surface area contributed by atoms with Crippen LogP contribution in [0.5, 0.6) is 0 Å². The number of carboxylic acids is 1. The zero-order valence-corrected chi connectivity index (χ0v) is 10.7. The zero-order chi connectivity index (χ0) is 14.5. The second-order valence-corrected chi connectivity index (χ2v) is 4.51. The number of hydrogen-bond acceptors (Lipinski definition) is 3. The van der Waals surface area contributed by atoms with E-state index in [1.165, 1.54) is 12.1 Å². The van der Waals surface area contributed by atoms with Gasteiger partial charge in [0.15, 0.2) is 5.69 Å². The van der Waals surface area contributed by atoms with Crippen molar-refractivity contribution in [3.63, 3.8) is 0 Å². The fourth-order valence-electron chi connectivity index (χ4n) is 2.05. The number of carboxylic acid groups (broad SMARTS) is 1. The third-order valence-corrected chi connectivity index (χ3v) is 3.14. The van der Waals surface area contributed by atoms with Gasteiger partial charge in [-0.25, -0.2) is 5.21 Å². The fourth-order valence-corrected chi connectivity index (χ4v) is 2.05. The van der Waals surface area contributed by atoms with Crippen molar-refractivity contribution in [2.24, 2.45) is 0 Å². The number of benzene rings is 2. The average Bonchev–Trinajstić information content (AvgIpc) is 2.46. The normalized spacial score (nSPS) is 13.7. The van der Waals surface area contributed by atoms with Crippen LogP contribution in [-0.2, 0) is 11.2 Å². The van der Waals surface area contributed by atoms with Gasteiger partial charge in [0.1, 0.15) is 0 Å². The number of rotatable bonds is 5. The van der Waals surface area contributed by atoms with Crippen LogP contribution < -0.4 is 5.23 Å². The molecule has 0 saturated carbocycles. The van der Waals surface area contributed by atoms with Crippen molar-refractivity contribution in [2.45, 2.75) is 12.3 Å². The average molecular weight is 273 g/mol. The van der Waals surface area contributed by atoms with Crippen LogP contribution in [0.25, 0.3) is 0 Å². The molecule has 2 atom stereocenters. The van der Waals surface area contributed by atoms with Gasteiger partial charge >= 0.3 is 5.97 Å². The van der Waals surface area contributed by atoms with E-state index in [-0.39, 0.29) is 5.69 Å². The van der Waals surface area contributed by atoms with E-state index in [0.29, 0.717) is 6.42 Å². The molecule has 0 aromatic heterocycles. The van der Waals surface area contributed by atoms with E-state index < -0.39 is 17.1 Å². The molecule has 2 aromatic rings. The molecule has 5 nitrogen and oxygen atoms in total. The highest BCUT2D eigenvalue weighted by Crippen LogP contribution is 2.21. The van der Waals surface area contributed by atoms with Crippen molar-refractivity contribution in [3.8, 4) is 0 Å². The summed E-state index contributed by atoms with van der Waals surface area (Å²) in [5, 5.41) is 27.9. The van der Waals surface area contributed by atoms with Crippen LogP contribution in [0, 0.1) is 5.21 Å². The number of hydrogen-bond donors (Lipinski definition) is 3. The van der Waals surface area contributed by atoms with Crippen LogP contribution in [0.4, 0.5) is 5.69 Å². The lowest BCUT2D eigenvalue weighted by molar-refractivity contribution is -0.991. The molecule has 0 heterocycles. The van der Waals surface area contributed by atoms with Crippen LogP contribution in [0.2, 0.25) is 0 Å². The molecule has 2 aromatic carbocycles. The van der Waals surface area contributed by atoms with Crippen molar-refractivity contribution in [3.05, 3.63) is 70.9 Å². The van der Waals surface area contributed by atoms with Gasteiger partial charge in [0.2, 0.25) is 0 Å². The maximum absolute atomic E-state index is 11.4. The van der Waals surface area contributed by atoms with Gasteiger partial charge in [-0.1, -0.05) is 42.5 Å². The van der Waals surface area contributed by atoms with Crippen molar-refractivity contribution >= 4 is 11.7 Å². The summed E-state index contributed by atoms with van der Waals surface area (Å²) in [5.74, 6) is -1.52. The molecular weight excluding hydrogens is 258 g/mol. The summed E-state index contributed by atoms with van der Waals surface area (Å²) in [6.45, 7) is 0. The van der Waals surface area contributed by atoms with E-state index in [1.54, 1.807) is 36.4 Å². The summed E-state index contributed by atoms with van der Waals surface area (Å²) in [4.78, 5) is 11.4. The molecule has 0 spiro atoms. The highest BCUT2D eigenvalue weighted by atomic mass is 16.8. The molecule has 0 aliphatic heterocycles. The van der Waals surface area contributed by atoms with Crippen LogP contribution >= 0.6 is 0 Å². The zero-order valence-electron chi connectivity index (χ0n) is 10.7. The maximum Gasteiger partial charge on any atom is 0.311 e. The molecule has 0 fully saturated rings. The Morgan fingerprint density at radius 1 is 1.10 bits per heavy atom. The van der Waals surface area contributed by atoms with Crippen LogP contribution in [0.1, 0.15) is 17.0 Å². The Hall–Kier alpha value is -2.21. The molecule has 0 bridgehead atoms. The topological polar surface area (TPSA) is 85.0 Å². The Morgan fingerprint density at radius 2 is 1.70 bits per heavy atom. The molecule has 2 rings (SSSR count). The van der Waals surface area contributed by atoms with Crippen LogP contribution in [0.15, 0.2) is 54.6 Å². The van der Waals surface area contributed by atoms with Gasteiger partial charge in [-0.15, -0.1) is 0 Å². The summed E-state index contributed by atoms with van der Waals surface area (Å²) >= 11 is 0. The molecule has 1 unspecified atom stereocenters. The first kappa shape index (κ1) is 14.2. The Morgan fingerprint density at radius 3 is 2.20 bits per heavy atom. The third-order valence-electron chi connectivity index (χ3n) is 3.14. The minimum atomic E-state index is -0.991. The van der Waals surface area contributed by atoms with E-state index in [0.717, 1.165) is 11.1 Å². The molecule has 3 N–H and O–H groups in total. The molecule has 20 heavy (non-hydrogen) atoms. The molecule has 0 aliphatic rings. The Balaban J connectivity index is 2.19. The maximum atomic E-state index is 11.4. The number of quaternary nitrogens is 1. The van der Waals surface area contributed by atoms with Gasteiger partial charge in [0, 0.05) is 12.1 Å². The largest absolute Gasteiger partial charge is 0.595 e. The second kappa shape index (κ2) is 6.29. The first-order valence-electron chi connectivity index (χ1n) is 6.18. The summed E-state index contributed by atoms with van der Waals surface area (Å²) in [6, 6.07) is 15.3. The molecule has 0 saturated heterocycles. The number of nitrogens with one attached hydrogen (secondary N) is 1. The van der Waals surface area contributed by atoms with Crippen molar-refractivity contribution < 1.29 is 20.3 Å². The van der Waals surface area contributed by atoms with E-state index in [9.17, 15) is 15.1 Å². The third kappa shape index (κ3) is 3.42. The first-order valence-corrected chi connectivity index (χ1v) is 6.18. The number of aliphatic carboxylic acids is 1. The van der Waals surface area contributed by atoms with Gasteiger partial charge in [0.25, 0.3) is 0 Å². The van der Waals surface area contributed by atoms with E-state index >= 15 is 0 Å². The standard InChI is InChI=1S/C15H15NO4/c17-15(18)14(12-4-2-1-3-5-12)10-11-6-8-13(9-7-11)16(19)20/h1-9,14,16,19H,10H2,(H,17,18)/t14-/m0/s1. The predicted octanol–water partition coefficient (Wildman–Crippen LogP) is 1.50. The second-order valence-electron chi connectivity index (χ2n) is 4.51. The van der Waals surface area contributed by atoms with E-state index in [1.807, 2.05) is 6.07 Å².